The summed E-state index contributed by atoms with van der Waals surface area (Å²) in [7, 11) is 0. The Hall–Kier alpha value is -4.00. The van der Waals surface area contributed by atoms with Crippen molar-refractivity contribution in [3.05, 3.63) is 102 Å². The molecule has 1 radical (unpaired) electrons. The summed E-state index contributed by atoms with van der Waals surface area (Å²) < 4.78 is 43.9. The molecule has 0 atom stereocenters. The Kier molecular flexibility index (Phi) is 10.0. The first-order valence-corrected chi connectivity index (χ1v) is 13.8. The quantitative estimate of drug-likeness (QED) is 0.0795. The number of aryl methyl sites for hydroxylation is 1. The van der Waals surface area contributed by atoms with Gasteiger partial charge in [-0.05, 0) is 51.4 Å². The average Bonchev–Trinajstić information content (AvgIpc) is 3.38. The van der Waals surface area contributed by atoms with E-state index in [-0.39, 0.29) is 38.1 Å². The van der Waals surface area contributed by atoms with E-state index in [1.165, 1.54) is 17.7 Å². The Morgan fingerprint density at radius 1 is 0.953 bits per heavy atom. The first-order valence-electron chi connectivity index (χ1n) is 13.8. The van der Waals surface area contributed by atoms with E-state index in [4.69, 9.17) is 9.52 Å². The maximum absolute atomic E-state index is 12.5. The normalized spacial score (nSPS) is 11.9. The molecular weight excluding hydrogens is 732 g/mol. The number of ketones is 1. The van der Waals surface area contributed by atoms with E-state index in [1.807, 2.05) is 24.3 Å². The molecule has 0 saturated carbocycles. The largest absolute Gasteiger partial charge is 0.512 e. The Labute approximate surface area is 260 Å². The standard InChI is InChI=1S/C28H17F3NO.C7H12O2.Ir/c29-28(30,31)13-12-17-8-11-24(32-16-17)21-6-3-7-25-26(21)22-10-9-20-14-18-4-1-2-5-19(18)15-23(20)27(22)33-25;1-3-6(8)5-7(9)4-2;/h1-5,7-11,14-16H,12-13H2;5,8H,3-4H2,1-2H3;/q-1;;/b;6-5-;. The molecule has 1 N–H and O–H groups in total. The first kappa shape index (κ1) is 31.9. The van der Waals surface area contributed by atoms with E-state index < -0.39 is 12.6 Å². The van der Waals surface area contributed by atoms with Crippen LogP contribution in [-0.4, -0.2) is 22.1 Å². The van der Waals surface area contributed by atoms with E-state index in [1.54, 1.807) is 32.0 Å². The van der Waals surface area contributed by atoms with Gasteiger partial charge >= 0.3 is 6.18 Å². The molecule has 4 nitrogen and oxygen atoms in total. The minimum Gasteiger partial charge on any atom is -0.512 e. The molecule has 0 bridgehead atoms. The van der Waals surface area contributed by atoms with Gasteiger partial charge in [0.1, 0.15) is 5.58 Å². The zero-order valence-electron chi connectivity index (χ0n) is 23.6. The van der Waals surface area contributed by atoms with Crippen LogP contribution in [0.3, 0.4) is 0 Å². The number of hydrogen-bond acceptors (Lipinski definition) is 4. The van der Waals surface area contributed by atoms with Crippen LogP contribution in [0.25, 0.3) is 54.7 Å². The van der Waals surface area contributed by atoms with Crippen molar-refractivity contribution in [1.29, 1.82) is 0 Å². The van der Waals surface area contributed by atoms with Crippen LogP contribution in [-0.2, 0) is 31.3 Å². The van der Waals surface area contributed by atoms with Crippen molar-refractivity contribution in [2.45, 2.75) is 45.7 Å². The number of alkyl halides is 3. The van der Waals surface area contributed by atoms with Crippen LogP contribution in [0.5, 0.6) is 0 Å². The number of nitrogens with zero attached hydrogens (tertiary/aromatic N) is 1. The Balaban J connectivity index is 0.000000371. The number of aliphatic hydroxyl groups is 1. The molecule has 2 heterocycles. The van der Waals surface area contributed by atoms with E-state index in [0.717, 1.165) is 43.7 Å². The minimum absolute atomic E-state index is 0. The van der Waals surface area contributed by atoms with Gasteiger partial charge in [0.2, 0.25) is 0 Å². The number of rotatable bonds is 6. The number of aliphatic hydroxyl groups excluding tert-OH is 1. The predicted molar refractivity (Wildman–Crippen MR) is 161 cm³/mol. The van der Waals surface area contributed by atoms with Gasteiger partial charge in [-0.2, -0.15) is 13.2 Å². The van der Waals surface area contributed by atoms with Crippen LogP contribution >= 0.6 is 0 Å². The number of pyridine rings is 1. The monoisotopic (exact) mass is 761 g/mol. The third-order valence-corrected chi connectivity index (χ3v) is 7.09. The second-order valence-corrected chi connectivity index (χ2v) is 10.0. The number of carbonyl (C=O) groups excluding carboxylic acids is 1. The topological polar surface area (TPSA) is 63.3 Å². The maximum atomic E-state index is 12.5. The maximum Gasteiger partial charge on any atom is 0.389 e. The fourth-order valence-corrected chi connectivity index (χ4v) is 4.83. The summed E-state index contributed by atoms with van der Waals surface area (Å²) in [5.41, 5.74) is 3.50. The number of fused-ring (bicyclic) bond motifs is 6. The van der Waals surface area contributed by atoms with Crippen LogP contribution in [0.4, 0.5) is 13.2 Å². The predicted octanol–water partition coefficient (Wildman–Crippen LogP) is 10.1. The molecule has 0 spiro atoms. The van der Waals surface area contributed by atoms with Gasteiger partial charge in [-0.15, -0.1) is 17.7 Å². The van der Waals surface area contributed by atoms with Gasteiger partial charge in [-0.3, -0.25) is 4.79 Å². The molecule has 0 saturated heterocycles. The zero-order valence-corrected chi connectivity index (χ0v) is 26.0. The number of benzene rings is 4. The molecule has 0 aliphatic rings. The van der Waals surface area contributed by atoms with E-state index in [2.05, 4.69) is 41.4 Å². The van der Waals surface area contributed by atoms with E-state index in [0.29, 0.717) is 24.1 Å². The van der Waals surface area contributed by atoms with Gasteiger partial charge < -0.3 is 14.5 Å². The number of allylic oxidation sites excluding steroid dienone is 2. The zero-order chi connectivity index (χ0) is 29.9. The van der Waals surface area contributed by atoms with Crippen molar-refractivity contribution >= 4 is 49.3 Å². The molecule has 0 aliphatic carbocycles. The summed E-state index contributed by atoms with van der Waals surface area (Å²) in [6.45, 7) is 3.57. The molecule has 6 rings (SSSR count). The molecule has 223 valence electrons. The van der Waals surface area contributed by atoms with Crippen molar-refractivity contribution in [2.75, 3.05) is 0 Å². The van der Waals surface area contributed by atoms with Crippen molar-refractivity contribution in [3.63, 3.8) is 0 Å². The Bertz CT molecular complexity index is 1930. The number of furan rings is 1. The van der Waals surface area contributed by atoms with Gasteiger partial charge in [-0.1, -0.05) is 73.8 Å². The van der Waals surface area contributed by atoms with Crippen LogP contribution in [0.15, 0.2) is 95.2 Å². The van der Waals surface area contributed by atoms with Crippen molar-refractivity contribution in [2.24, 2.45) is 0 Å². The van der Waals surface area contributed by atoms with Crippen molar-refractivity contribution in [1.82, 2.24) is 4.98 Å². The van der Waals surface area contributed by atoms with Crippen molar-refractivity contribution in [3.8, 4) is 11.3 Å². The number of halogens is 3. The van der Waals surface area contributed by atoms with Crippen molar-refractivity contribution < 1.29 is 47.6 Å². The molecule has 4 aromatic carbocycles. The van der Waals surface area contributed by atoms with Crippen LogP contribution in [0, 0.1) is 6.07 Å². The van der Waals surface area contributed by atoms with Gasteiger partial charge in [0.15, 0.2) is 5.78 Å². The number of carbonyl (C=O) groups is 1. The fourth-order valence-electron chi connectivity index (χ4n) is 4.83. The molecule has 43 heavy (non-hydrogen) atoms. The van der Waals surface area contributed by atoms with E-state index in [9.17, 15) is 18.0 Å². The average molecular weight is 761 g/mol. The first-order chi connectivity index (χ1) is 20.2. The summed E-state index contributed by atoms with van der Waals surface area (Å²) in [4.78, 5) is 15.0. The molecule has 0 aliphatic heterocycles. The minimum atomic E-state index is -4.18. The Morgan fingerprint density at radius 2 is 1.70 bits per heavy atom. The third kappa shape index (κ3) is 7.32. The number of aromatic nitrogens is 1. The molecule has 2 aromatic heterocycles. The van der Waals surface area contributed by atoms with Gasteiger partial charge in [0.25, 0.3) is 0 Å². The van der Waals surface area contributed by atoms with Crippen LogP contribution in [0.2, 0.25) is 0 Å². The summed E-state index contributed by atoms with van der Waals surface area (Å²) >= 11 is 0. The third-order valence-electron chi connectivity index (χ3n) is 7.09. The molecule has 6 aromatic rings. The van der Waals surface area contributed by atoms with Crippen LogP contribution < -0.4 is 0 Å². The van der Waals surface area contributed by atoms with Gasteiger partial charge in [-0.25, -0.2) is 0 Å². The molecule has 0 unspecified atom stereocenters. The summed E-state index contributed by atoms with van der Waals surface area (Å²) in [6, 6.07) is 27.0. The smallest absolute Gasteiger partial charge is 0.389 e. The van der Waals surface area contributed by atoms with Gasteiger partial charge in [0, 0.05) is 57.0 Å². The molecule has 0 amide bonds. The fraction of sp³-hybridized carbons (Fsp3) is 0.200. The Morgan fingerprint density at radius 3 is 2.35 bits per heavy atom. The molecule has 0 fully saturated rings. The SMILES string of the molecule is CCC(=O)/C=C(\O)CC.FC(F)(F)CCc1ccc(-c2[c-]ccc3oc4c5cc6ccccc6cc5ccc4c23)nc1.[Ir]. The summed E-state index contributed by atoms with van der Waals surface area (Å²) in [6.07, 6.45) is -1.33. The van der Waals surface area contributed by atoms with Crippen LogP contribution in [0.1, 0.15) is 38.7 Å². The molecular formula is C35H29F3IrNO3-. The second kappa shape index (κ2) is 13.5. The van der Waals surface area contributed by atoms with Gasteiger partial charge in [0.05, 0.1) is 11.3 Å². The second-order valence-electron chi connectivity index (χ2n) is 10.0. The summed E-state index contributed by atoms with van der Waals surface area (Å²) in [5.74, 6) is 0.149. The molecule has 8 heteroatoms. The summed E-state index contributed by atoms with van der Waals surface area (Å²) in [5, 5.41) is 15.1. The number of hydrogen-bond donors (Lipinski definition) is 1. The van der Waals surface area contributed by atoms with E-state index >= 15 is 0 Å².